The first-order chi connectivity index (χ1) is 15.6. The number of anilines is 1. The van der Waals surface area contributed by atoms with Crippen molar-refractivity contribution < 1.29 is 28.2 Å². The molecule has 1 aromatic heterocycles. The first-order valence-electron chi connectivity index (χ1n) is 10.5. The number of aromatic nitrogens is 1. The predicted octanol–water partition coefficient (Wildman–Crippen LogP) is 2.04. The zero-order valence-corrected chi connectivity index (χ0v) is 18.1. The number of alkyl halides is 1. The lowest BCUT2D eigenvalue weighted by atomic mass is 9.91. The van der Waals surface area contributed by atoms with E-state index >= 15 is 4.39 Å². The number of carbonyl (C=O) groups is 2. The van der Waals surface area contributed by atoms with E-state index in [1.807, 2.05) is 0 Å². The number of rotatable bonds is 5. The number of hydrogen-bond donors (Lipinski definition) is 3. The number of hydrogen-bond acceptors (Lipinski definition) is 5. The van der Waals surface area contributed by atoms with Crippen molar-refractivity contribution in [3.05, 3.63) is 38.9 Å². The molecule has 4 N–H and O–H groups in total. The van der Waals surface area contributed by atoms with Crippen LogP contribution in [0.2, 0.25) is 5.02 Å². The summed E-state index contributed by atoms with van der Waals surface area (Å²) in [4.78, 5) is 37.2. The third-order valence-electron chi connectivity index (χ3n) is 6.83. The van der Waals surface area contributed by atoms with Crippen molar-refractivity contribution in [3.8, 4) is 0 Å². The Balaban J connectivity index is 1.63. The van der Waals surface area contributed by atoms with Gasteiger partial charge in [-0.1, -0.05) is 11.6 Å². The van der Waals surface area contributed by atoms with Crippen LogP contribution in [0, 0.1) is 11.7 Å². The first kappa shape index (κ1) is 21.9. The second-order valence-electron chi connectivity index (χ2n) is 8.82. The van der Waals surface area contributed by atoms with Gasteiger partial charge in [0, 0.05) is 38.2 Å². The minimum atomic E-state index is -1.49. The molecule has 1 saturated carbocycles. The minimum Gasteiger partial charge on any atom is -0.477 e. The molecule has 33 heavy (non-hydrogen) atoms. The Morgan fingerprint density at radius 3 is 2.79 bits per heavy atom. The van der Waals surface area contributed by atoms with Gasteiger partial charge < -0.3 is 30.4 Å². The normalized spacial score (nSPS) is 28.2. The Morgan fingerprint density at radius 2 is 2.15 bits per heavy atom. The molecular weight excluding hydrogens is 462 g/mol. The number of carboxylic acids is 1. The molecule has 4 atom stereocenters. The van der Waals surface area contributed by atoms with E-state index in [-0.39, 0.29) is 47.0 Å². The van der Waals surface area contributed by atoms with Crippen LogP contribution in [0.4, 0.5) is 19.3 Å². The van der Waals surface area contributed by atoms with Gasteiger partial charge in [0.1, 0.15) is 23.2 Å². The number of carboxylic acid groups (broad SMARTS) is 1. The van der Waals surface area contributed by atoms with E-state index in [2.05, 4.69) is 5.32 Å². The van der Waals surface area contributed by atoms with E-state index in [1.165, 1.54) is 4.57 Å². The van der Waals surface area contributed by atoms with E-state index < -0.39 is 46.6 Å². The first-order valence-corrected chi connectivity index (χ1v) is 10.9. The minimum absolute atomic E-state index is 0.0212. The number of carbonyl (C=O) groups excluding carboxylic acids is 1. The zero-order valence-electron chi connectivity index (χ0n) is 17.3. The third kappa shape index (κ3) is 3.41. The summed E-state index contributed by atoms with van der Waals surface area (Å²) in [5, 5.41) is 11.6. The maximum Gasteiger partial charge on any atom is 0.341 e. The van der Waals surface area contributed by atoms with Crippen LogP contribution in [-0.2, 0) is 4.74 Å². The lowest BCUT2D eigenvalue weighted by molar-refractivity contribution is 0.00783. The fraction of sp³-hybridized carbons (Fsp3) is 0.476. The van der Waals surface area contributed by atoms with Gasteiger partial charge in [0.05, 0.1) is 34.2 Å². The average Bonchev–Trinajstić information content (AvgIpc) is 3.17. The maximum atomic E-state index is 15.4. The number of benzene rings is 1. The van der Waals surface area contributed by atoms with Crippen molar-refractivity contribution >= 4 is 40.2 Å². The van der Waals surface area contributed by atoms with Gasteiger partial charge in [-0.15, -0.1) is 0 Å². The number of primary amides is 1. The van der Waals surface area contributed by atoms with Crippen LogP contribution in [0.15, 0.2) is 17.1 Å². The van der Waals surface area contributed by atoms with Gasteiger partial charge in [0.25, 0.3) is 0 Å². The van der Waals surface area contributed by atoms with E-state index in [9.17, 15) is 23.9 Å². The van der Waals surface area contributed by atoms with E-state index in [4.69, 9.17) is 22.1 Å². The van der Waals surface area contributed by atoms with Crippen molar-refractivity contribution in [1.82, 2.24) is 9.88 Å². The molecule has 1 aliphatic carbocycles. The molecule has 2 aliphatic heterocycles. The average molecular weight is 483 g/mol. The molecule has 2 unspecified atom stereocenters. The van der Waals surface area contributed by atoms with Gasteiger partial charge in [0.2, 0.25) is 5.43 Å². The number of amides is 2. The van der Waals surface area contributed by atoms with Crippen molar-refractivity contribution in [1.29, 1.82) is 0 Å². The van der Waals surface area contributed by atoms with Crippen LogP contribution in [0.25, 0.3) is 10.9 Å². The second kappa shape index (κ2) is 7.56. The summed E-state index contributed by atoms with van der Waals surface area (Å²) < 4.78 is 36.6. The lowest BCUT2D eigenvalue weighted by Crippen LogP contribution is -2.49. The summed E-state index contributed by atoms with van der Waals surface area (Å²) in [6.45, 7) is 1.24. The molecule has 3 heterocycles. The molecule has 176 valence electrons. The Morgan fingerprint density at radius 1 is 1.42 bits per heavy atom. The predicted molar refractivity (Wildman–Crippen MR) is 115 cm³/mol. The number of aromatic carboxylic acids is 1. The molecule has 2 amide bonds. The molecule has 5 rings (SSSR count). The summed E-state index contributed by atoms with van der Waals surface area (Å²) in [7, 11) is 0. The Bertz CT molecular complexity index is 1250. The van der Waals surface area contributed by atoms with Gasteiger partial charge in [-0.3, -0.25) is 4.79 Å². The molecule has 1 aromatic carbocycles. The van der Waals surface area contributed by atoms with Crippen molar-refractivity contribution in [2.24, 2.45) is 11.7 Å². The van der Waals surface area contributed by atoms with E-state index in [0.29, 0.717) is 19.6 Å². The molecule has 12 heteroatoms. The van der Waals surface area contributed by atoms with E-state index in [0.717, 1.165) is 12.3 Å². The van der Waals surface area contributed by atoms with Crippen LogP contribution < -0.4 is 21.4 Å². The Labute approximate surface area is 191 Å². The molecule has 0 radical (unpaired) electrons. The van der Waals surface area contributed by atoms with Crippen molar-refractivity contribution in [2.75, 3.05) is 31.1 Å². The summed E-state index contributed by atoms with van der Waals surface area (Å²) in [6.07, 6.45) is 0.693. The fourth-order valence-corrected chi connectivity index (χ4v) is 5.51. The van der Waals surface area contributed by atoms with Crippen molar-refractivity contribution in [3.63, 3.8) is 0 Å². The van der Waals surface area contributed by atoms with Gasteiger partial charge in [0.15, 0.2) is 0 Å². The Kier molecular flexibility index (Phi) is 5.02. The van der Waals surface area contributed by atoms with Crippen LogP contribution in [0.3, 0.4) is 0 Å². The van der Waals surface area contributed by atoms with Gasteiger partial charge in [-0.05, 0) is 12.5 Å². The quantitative estimate of drug-likeness (QED) is 0.598. The van der Waals surface area contributed by atoms with Crippen LogP contribution in [-0.4, -0.2) is 59.7 Å². The monoisotopic (exact) mass is 482 g/mol. The highest BCUT2D eigenvalue weighted by atomic mass is 35.5. The number of urea groups is 1. The molecule has 9 nitrogen and oxygen atoms in total. The highest BCUT2D eigenvalue weighted by molar-refractivity contribution is 6.38. The molecule has 2 saturated heterocycles. The maximum absolute atomic E-state index is 15.4. The van der Waals surface area contributed by atoms with Gasteiger partial charge in [-0.2, -0.15) is 0 Å². The number of fused-ring (bicyclic) bond motifs is 2. The third-order valence-corrected chi connectivity index (χ3v) is 7.19. The molecule has 3 fully saturated rings. The van der Waals surface area contributed by atoms with E-state index in [1.54, 1.807) is 4.90 Å². The standard InChI is InChI=1S/C21H21ClF2N4O5/c22-15-16-10(18(29)11(19(30)31)6-28(16)14-4-12(14)23)3-13(24)17(15)27-5-9-1-2-33-21(9,8-27)7-26-20(25)32/h3,6,9,12,14H,1-2,4-5,7-8H2,(H,30,31)(H3,25,26,32)/t9?,12-,14+,21?/m0/s1. The molecule has 0 bridgehead atoms. The fourth-order valence-electron chi connectivity index (χ4n) is 5.11. The molecule has 2 aromatic rings. The summed E-state index contributed by atoms with van der Waals surface area (Å²) >= 11 is 6.64. The Hall–Kier alpha value is -2.92. The molecular formula is C21H21ClF2N4O5. The number of ether oxygens (including phenoxy) is 1. The van der Waals surface area contributed by atoms with Crippen LogP contribution in [0.5, 0.6) is 0 Å². The molecule has 0 spiro atoms. The van der Waals surface area contributed by atoms with Crippen molar-refractivity contribution in [2.45, 2.75) is 30.7 Å². The second-order valence-corrected chi connectivity index (χ2v) is 9.20. The number of nitrogens with one attached hydrogen (secondary N) is 1. The number of pyridine rings is 1. The molecule has 3 aliphatic rings. The van der Waals surface area contributed by atoms with Crippen LogP contribution >= 0.6 is 11.6 Å². The van der Waals surface area contributed by atoms with Gasteiger partial charge >= 0.3 is 12.0 Å². The number of nitrogens with two attached hydrogens (primary N) is 1. The zero-order chi connectivity index (χ0) is 23.7. The summed E-state index contributed by atoms with van der Waals surface area (Å²) in [5.41, 5.74) is 3.09. The summed E-state index contributed by atoms with van der Waals surface area (Å²) in [6, 6.07) is -0.425. The smallest absolute Gasteiger partial charge is 0.341 e. The highest BCUT2D eigenvalue weighted by Crippen LogP contribution is 2.47. The summed E-state index contributed by atoms with van der Waals surface area (Å²) in [5.74, 6) is -2.31. The SMILES string of the molecule is NC(=O)NCC12CN(c3c(F)cc4c(=O)c(C(=O)O)cn([C@@H]5C[C@@H]5F)c4c3Cl)CC1CCO2. The number of nitrogens with zero attached hydrogens (tertiary/aromatic N) is 2. The number of halogens is 3. The van der Waals surface area contributed by atoms with Crippen LogP contribution in [0.1, 0.15) is 29.2 Å². The lowest BCUT2D eigenvalue weighted by Gasteiger charge is -2.29. The topological polar surface area (TPSA) is 127 Å². The largest absolute Gasteiger partial charge is 0.477 e. The highest BCUT2D eigenvalue weighted by Gasteiger charge is 2.52. The van der Waals surface area contributed by atoms with Gasteiger partial charge in [-0.25, -0.2) is 18.4 Å².